The van der Waals surface area contributed by atoms with Gasteiger partial charge in [-0.05, 0) is 12.1 Å². The second-order valence-electron chi connectivity index (χ2n) is 7.82. The van der Waals surface area contributed by atoms with E-state index in [0.717, 1.165) is 0 Å². The number of halogens is 3. The van der Waals surface area contributed by atoms with Crippen molar-refractivity contribution in [3.05, 3.63) is 40.6 Å². The maximum absolute atomic E-state index is 13.2. The van der Waals surface area contributed by atoms with E-state index < -0.39 is 5.92 Å². The van der Waals surface area contributed by atoms with Gasteiger partial charge in [0.05, 0.1) is 29.5 Å². The first-order chi connectivity index (χ1) is 12.6. The molecule has 4 rings (SSSR count). The van der Waals surface area contributed by atoms with Gasteiger partial charge in [0.15, 0.2) is 5.65 Å². The number of H-pyrrole nitrogens is 1. The van der Waals surface area contributed by atoms with E-state index in [9.17, 15) is 8.78 Å². The van der Waals surface area contributed by atoms with Crippen LogP contribution in [0.2, 0.25) is 5.02 Å². The number of pyridine rings is 1. The highest BCUT2D eigenvalue weighted by molar-refractivity contribution is 6.31. The Hall–Kier alpha value is -2.35. The van der Waals surface area contributed by atoms with E-state index in [1.54, 1.807) is 18.3 Å². The van der Waals surface area contributed by atoms with E-state index in [1.165, 1.54) is 4.90 Å². The Kier molecular flexibility index (Phi) is 4.06. The summed E-state index contributed by atoms with van der Waals surface area (Å²) in [6, 6.07) is 3.54. The second kappa shape index (κ2) is 6.09. The third-order valence-electron chi connectivity index (χ3n) is 4.40. The van der Waals surface area contributed by atoms with Crippen LogP contribution in [-0.2, 0) is 11.8 Å². The highest BCUT2D eigenvalue weighted by atomic mass is 35.5. The summed E-state index contributed by atoms with van der Waals surface area (Å²) in [5, 5.41) is 0.545. The normalized spacial score (nSPS) is 16.6. The van der Waals surface area contributed by atoms with Crippen LogP contribution in [0.3, 0.4) is 0 Å². The molecular formula is C18H19ClF2N6. The number of imidazole rings is 1. The van der Waals surface area contributed by atoms with Crippen molar-refractivity contribution in [1.29, 1.82) is 0 Å². The number of aromatic nitrogens is 5. The number of alkyl halides is 2. The average molecular weight is 393 g/mol. The van der Waals surface area contributed by atoms with Crippen molar-refractivity contribution in [3.8, 4) is 0 Å². The molecule has 0 saturated carbocycles. The molecule has 0 unspecified atom stereocenters. The van der Waals surface area contributed by atoms with Gasteiger partial charge in [-0.2, -0.15) is 4.98 Å². The first-order valence-corrected chi connectivity index (χ1v) is 8.99. The van der Waals surface area contributed by atoms with Crippen molar-refractivity contribution in [3.63, 3.8) is 0 Å². The molecule has 6 nitrogen and oxygen atoms in total. The number of hydrogen-bond acceptors (Lipinski definition) is 5. The fourth-order valence-corrected chi connectivity index (χ4v) is 3.11. The molecule has 0 spiro atoms. The Morgan fingerprint density at radius 1 is 1.19 bits per heavy atom. The minimum Gasteiger partial charge on any atom is -0.330 e. The molecule has 0 aliphatic carbocycles. The fourth-order valence-electron chi connectivity index (χ4n) is 2.93. The maximum Gasteiger partial charge on any atom is 0.282 e. The quantitative estimate of drug-likeness (QED) is 0.735. The Morgan fingerprint density at radius 3 is 2.56 bits per heavy atom. The number of aromatic amines is 1. The summed E-state index contributed by atoms with van der Waals surface area (Å²) in [5.74, 6) is -1.67. The van der Waals surface area contributed by atoms with E-state index in [0.29, 0.717) is 45.8 Å². The van der Waals surface area contributed by atoms with Gasteiger partial charge < -0.3 is 9.88 Å². The number of anilines is 1. The zero-order valence-electron chi connectivity index (χ0n) is 15.2. The smallest absolute Gasteiger partial charge is 0.282 e. The summed E-state index contributed by atoms with van der Waals surface area (Å²) in [6.07, 6.45) is 2.06. The molecule has 1 aliphatic heterocycles. The van der Waals surface area contributed by atoms with Gasteiger partial charge >= 0.3 is 0 Å². The summed E-state index contributed by atoms with van der Waals surface area (Å²) in [7, 11) is 0. The van der Waals surface area contributed by atoms with Gasteiger partial charge in [0.2, 0.25) is 5.95 Å². The third-order valence-corrected chi connectivity index (χ3v) is 4.74. The molecule has 27 heavy (non-hydrogen) atoms. The summed E-state index contributed by atoms with van der Waals surface area (Å²) < 4.78 is 26.5. The van der Waals surface area contributed by atoms with Crippen molar-refractivity contribution in [2.24, 2.45) is 0 Å². The molecule has 1 aliphatic rings. The predicted molar refractivity (Wildman–Crippen MR) is 99.6 cm³/mol. The largest absolute Gasteiger partial charge is 0.330 e. The first-order valence-electron chi connectivity index (χ1n) is 8.62. The molecular weight excluding hydrogens is 374 g/mol. The third kappa shape index (κ3) is 3.45. The Labute approximate surface area is 160 Å². The lowest BCUT2D eigenvalue weighted by Crippen LogP contribution is -2.56. The van der Waals surface area contributed by atoms with Gasteiger partial charge in [-0.15, -0.1) is 0 Å². The highest BCUT2D eigenvalue weighted by Gasteiger charge is 2.45. The van der Waals surface area contributed by atoms with E-state index in [-0.39, 0.29) is 18.5 Å². The van der Waals surface area contributed by atoms with Gasteiger partial charge in [-0.3, -0.25) is 4.98 Å². The molecule has 0 radical (unpaired) electrons. The SMILES string of the molecule is CC(C)(C)c1nc(Cc2ncccc2Cl)c2[nH]c(N3CC(F)(F)C3)nc2n1. The summed E-state index contributed by atoms with van der Waals surface area (Å²) in [5.41, 5.74) is 2.17. The molecule has 4 heterocycles. The molecule has 3 aromatic heterocycles. The fraction of sp³-hybridized carbons (Fsp3) is 0.444. The van der Waals surface area contributed by atoms with Crippen LogP contribution in [0.4, 0.5) is 14.7 Å². The Morgan fingerprint density at radius 2 is 1.93 bits per heavy atom. The lowest BCUT2D eigenvalue weighted by Gasteiger charge is -2.38. The number of rotatable bonds is 3. The van der Waals surface area contributed by atoms with E-state index in [4.69, 9.17) is 16.6 Å². The zero-order chi connectivity index (χ0) is 19.4. The van der Waals surface area contributed by atoms with Crippen molar-refractivity contribution in [2.75, 3.05) is 18.0 Å². The minimum atomic E-state index is -2.68. The van der Waals surface area contributed by atoms with Gasteiger partial charge in [0.25, 0.3) is 5.92 Å². The molecule has 0 bridgehead atoms. The molecule has 3 aromatic rings. The number of hydrogen-bond donors (Lipinski definition) is 1. The molecule has 1 saturated heterocycles. The Balaban J connectivity index is 1.80. The zero-order valence-corrected chi connectivity index (χ0v) is 16.0. The maximum atomic E-state index is 13.2. The molecule has 9 heteroatoms. The number of nitrogens with one attached hydrogen (secondary N) is 1. The molecule has 0 atom stereocenters. The van der Waals surface area contributed by atoms with Crippen LogP contribution in [0, 0.1) is 0 Å². The van der Waals surface area contributed by atoms with Gasteiger partial charge in [0, 0.05) is 18.0 Å². The monoisotopic (exact) mass is 392 g/mol. The Bertz CT molecular complexity index is 1000. The summed E-state index contributed by atoms with van der Waals surface area (Å²) in [4.78, 5) is 22.6. The molecule has 0 amide bonds. The van der Waals surface area contributed by atoms with Crippen LogP contribution in [0.5, 0.6) is 0 Å². The minimum absolute atomic E-state index is 0.292. The highest BCUT2D eigenvalue weighted by Crippen LogP contribution is 2.32. The van der Waals surface area contributed by atoms with Crippen LogP contribution in [0.25, 0.3) is 11.2 Å². The van der Waals surface area contributed by atoms with Crippen molar-refractivity contribution >= 4 is 28.7 Å². The lowest BCUT2D eigenvalue weighted by atomic mass is 9.95. The van der Waals surface area contributed by atoms with Crippen molar-refractivity contribution in [1.82, 2.24) is 24.9 Å². The first kappa shape index (κ1) is 18.0. The van der Waals surface area contributed by atoms with E-state index >= 15 is 0 Å². The molecule has 1 N–H and O–H groups in total. The van der Waals surface area contributed by atoms with E-state index in [2.05, 4.69) is 19.9 Å². The number of nitrogens with zero attached hydrogens (tertiary/aromatic N) is 5. The van der Waals surface area contributed by atoms with Crippen LogP contribution in [0.1, 0.15) is 38.0 Å². The van der Waals surface area contributed by atoms with Crippen LogP contribution >= 0.6 is 11.6 Å². The average Bonchev–Trinajstić information content (AvgIpc) is 2.98. The summed E-state index contributed by atoms with van der Waals surface area (Å²) in [6.45, 7) is 5.32. The summed E-state index contributed by atoms with van der Waals surface area (Å²) >= 11 is 6.25. The molecule has 0 aromatic carbocycles. The second-order valence-corrected chi connectivity index (χ2v) is 8.23. The van der Waals surface area contributed by atoms with Gasteiger partial charge in [-0.1, -0.05) is 32.4 Å². The number of fused-ring (bicyclic) bond motifs is 1. The van der Waals surface area contributed by atoms with Gasteiger partial charge in [0.1, 0.15) is 11.3 Å². The molecule has 142 valence electrons. The topological polar surface area (TPSA) is 70.6 Å². The van der Waals surface area contributed by atoms with Crippen molar-refractivity contribution in [2.45, 2.75) is 38.5 Å². The van der Waals surface area contributed by atoms with Crippen LogP contribution in [0.15, 0.2) is 18.3 Å². The van der Waals surface area contributed by atoms with Crippen LogP contribution < -0.4 is 4.90 Å². The standard InChI is InChI=1S/C18H19ClF2N6/c1-17(2,3)15-23-12(7-11-10(19)5-4-6-22-11)13-14(25-15)26-16(24-13)27-8-18(20,21)9-27/h4-6H,7-9H2,1-3H3,(H,23,24,25,26). The van der Waals surface area contributed by atoms with Crippen molar-refractivity contribution < 1.29 is 8.78 Å². The van der Waals surface area contributed by atoms with Crippen LogP contribution in [-0.4, -0.2) is 43.9 Å². The lowest BCUT2D eigenvalue weighted by molar-refractivity contribution is -0.0270. The van der Waals surface area contributed by atoms with Gasteiger partial charge in [-0.25, -0.2) is 18.7 Å². The molecule has 1 fully saturated rings. The predicted octanol–water partition coefficient (Wildman–Crippen LogP) is 3.74. The van der Waals surface area contributed by atoms with E-state index in [1.807, 2.05) is 20.8 Å².